The van der Waals surface area contributed by atoms with Gasteiger partial charge in [0.25, 0.3) is 0 Å². The molecule has 2 rings (SSSR count). The zero-order valence-electron chi connectivity index (χ0n) is 10.8. The number of esters is 1. The van der Waals surface area contributed by atoms with E-state index in [1.165, 1.54) is 0 Å². The van der Waals surface area contributed by atoms with Gasteiger partial charge < -0.3 is 14.8 Å². The molecular formula is C14H19NO3. The number of ether oxygens (including phenoxy) is 2. The maximum Gasteiger partial charge on any atom is 0.338 e. The molecule has 0 amide bonds. The van der Waals surface area contributed by atoms with Crippen LogP contribution >= 0.6 is 0 Å². The summed E-state index contributed by atoms with van der Waals surface area (Å²) in [6, 6.07) is 7.73. The van der Waals surface area contributed by atoms with E-state index in [4.69, 9.17) is 9.47 Å². The van der Waals surface area contributed by atoms with Crippen LogP contribution in [0.2, 0.25) is 0 Å². The molecule has 1 unspecified atom stereocenters. The number of hydrogen-bond acceptors (Lipinski definition) is 4. The average Bonchev–Trinajstić information content (AvgIpc) is 2.82. The number of rotatable bonds is 4. The van der Waals surface area contributed by atoms with Crippen molar-refractivity contribution >= 4 is 11.7 Å². The molecule has 1 aromatic rings. The second kappa shape index (κ2) is 5.87. The summed E-state index contributed by atoms with van der Waals surface area (Å²) in [5.74, 6) is -0.277. The Morgan fingerprint density at radius 2 is 2.11 bits per heavy atom. The second-order valence-corrected chi connectivity index (χ2v) is 4.74. The van der Waals surface area contributed by atoms with E-state index >= 15 is 0 Å². The topological polar surface area (TPSA) is 47.6 Å². The molecule has 98 valence electrons. The molecule has 1 fully saturated rings. The van der Waals surface area contributed by atoms with Crippen molar-refractivity contribution in [2.75, 3.05) is 18.5 Å². The van der Waals surface area contributed by atoms with Crippen LogP contribution in [0, 0.1) is 0 Å². The van der Waals surface area contributed by atoms with Crippen LogP contribution in [-0.2, 0) is 9.47 Å². The summed E-state index contributed by atoms with van der Waals surface area (Å²) in [7, 11) is 0. The summed E-state index contributed by atoms with van der Waals surface area (Å²) in [6.45, 7) is 5.25. The van der Waals surface area contributed by atoms with Crippen molar-refractivity contribution in [2.24, 2.45) is 0 Å². The van der Waals surface area contributed by atoms with Crippen LogP contribution in [0.4, 0.5) is 5.69 Å². The molecular weight excluding hydrogens is 230 g/mol. The van der Waals surface area contributed by atoms with E-state index in [9.17, 15) is 4.79 Å². The number of nitrogens with one attached hydrogen (secondary N) is 1. The Bertz CT molecular complexity index is 394. The minimum absolute atomic E-state index is 0.0917. The van der Waals surface area contributed by atoms with Gasteiger partial charge in [-0.2, -0.15) is 0 Å². The number of hydrogen-bond donors (Lipinski definition) is 1. The predicted octanol–water partition coefficient (Wildman–Crippen LogP) is 2.45. The van der Waals surface area contributed by atoms with E-state index in [1.807, 2.05) is 26.0 Å². The molecule has 1 aliphatic rings. The molecule has 0 aliphatic carbocycles. The highest BCUT2D eigenvalue weighted by atomic mass is 16.5. The van der Waals surface area contributed by atoms with Crippen molar-refractivity contribution in [1.29, 1.82) is 0 Å². The normalized spacial score (nSPS) is 18.9. The van der Waals surface area contributed by atoms with Crippen molar-refractivity contribution in [2.45, 2.75) is 32.4 Å². The highest BCUT2D eigenvalue weighted by molar-refractivity contribution is 5.89. The van der Waals surface area contributed by atoms with Crippen molar-refractivity contribution in [1.82, 2.24) is 0 Å². The molecule has 4 nitrogen and oxygen atoms in total. The van der Waals surface area contributed by atoms with Crippen LogP contribution < -0.4 is 5.32 Å². The number of carbonyl (C=O) groups excluding carboxylic acids is 1. The standard InChI is InChI=1S/C14H19NO3/c1-10(2)18-14(16)11-3-5-12(6-4-11)15-13-7-8-17-9-13/h3-6,10,13,15H,7-9H2,1-2H3. The Morgan fingerprint density at radius 1 is 1.39 bits per heavy atom. The fourth-order valence-corrected chi connectivity index (χ4v) is 1.87. The van der Waals surface area contributed by atoms with E-state index in [0.717, 1.165) is 25.3 Å². The van der Waals surface area contributed by atoms with Gasteiger partial charge in [0.2, 0.25) is 0 Å². The lowest BCUT2D eigenvalue weighted by molar-refractivity contribution is 0.0378. The minimum Gasteiger partial charge on any atom is -0.459 e. The van der Waals surface area contributed by atoms with E-state index in [0.29, 0.717) is 11.6 Å². The fourth-order valence-electron chi connectivity index (χ4n) is 1.87. The predicted molar refractivity (Wildman–Crippen MR) is 69.8 cm³/mol. The Hall–Kier alpha value is -1.55. The first-order chi connectivity index (χ1) is 8.65. The molecule has 1 atom stereocenters. The monoisotopic (exact) mass is 249 g/mol. The molecule has 1 N–H and O–H groups in total. The summed E-state index contributed by atoms with van der Waals surface area (Å²) in [6.07, 6.45) is 0.933. The Balaban J connectivity index is 1.94. The van der Waals surface area contributed by atoms with Gasteiger partial charge in [0, 0.05) is 12.3 Å². The highest BCUT2D eigenvalue weighted by Crippen LogP contribution is 2.15. The molecule has 1 saturated heterocycles. The van der Waals surface area contributed by atoms with E-state index in [2.05, 4.69) is 5.32 Å². The second-order valence-electron chi connectivity index (χ2n) is 4.74. The molecule has 1 heterocycles. The van der Waals surface area contributed by atoms with Crippen LogP contribution in [0.25, 0.3) is 0 Å². The lowest BCUT2D eigenvalue weighted by atomic mass is 10.2. The number of anilines is 1. The Labute approximate surface area is 107 Å². The third kappa shape index (κ3) is 3.47. The Kier molecular flexibility index (Phi) is 4.20. The van der Waals surface area contributed by atoms with Crippen LogP contribution in [-0.4, -0.2) is 31.3 Å². The summed E-state index contributed by atoms with van der Waals surface area (Å²) in [4.78, 5) is 11.6. The van der Waals surface area contributed by atoms with Gasteiger partial charge in [0.1, 0.15) is 0 Å². The van der Waals surface area contributed by atoms with Gasteiger partial charge >= 0.3 is 5.97 Å². The molecule has 0 saturated carbocycles. The van der Waals surface area contributed by atoms with E-state index in [1.54, 1.807) is 12.1 Å². The number of benzene rings is 1. The minimum atomic E-state index is -0.277. The highest BCUT2D eigenvalue weighted by Gasteiger charge is 2.15. The lowest BCUT2D eigenvalue weighted by Crippen LogP contribution is -2.19. The van der Waals surface area contributed by atoms with Crippen LogP contribution in [0.1, 0.15) is 30.6 Å². The first-order valence-electron chi connectivity index (χ1n) is 6.30. The fraction of sp³-hybridized carbons (Fsp3) is 0.500. The molecule has 0 aromatic heterocycles. The van der Waals surface area contributed by atoms with Crippen molar-refractivity contribution < 1.29 is 14.3 Å². The van der Waals surface area contributed by atoms with Gasteiger partial charge in [-0.05, 0) is 44.5 Å². The molecule has 0 spiro atoms. The lowest BCUT2D eigenvalue weighted by Gasteiger charge is -2.13. The maximum absolute atomic E-state index is 11.6. The molecule has 0 radical (unpaired) electrons. The summed E-state index contributed by atoms with van der Waals surface area (Å²) >= 11 is 0. The summed E-state index contributed by atoms with van der Waals surface area (Å²) in [5.41, 5.74) is 1.59. The van der Waals surface area contributed by atoms with Gasteiger partial charge in [-0.15, -0.1) is 0 Å². The van der Waals surface area contributed by atoms with Gasteiger partial charge in [0.15, 0.2) is 0 Å². The number of carbonyl (C=O) groups is 1. The van der Waals surface area contributed by atoms with E-state index in [-0.39, 0.29) is 12.1 Å². The average molecular weight is 249 g/mol. The molecule has 0 bridgehead atoms. The van der Waals surface area contributed by atoms with Gasteiger partial charge in [0.05, 0.1) is 24.3 Å². The molecule has 4 heteroatoms. The molecule has 18 heavy (non-hydrogen) atoms. The van der Waals surface area contributed by atoms with Crippen molar-refractivity contribution in [3.63, 3.8) is 0 Å². The maximum atomic E-state index is 11.6. The SMILES string of the molecule is CC(C)OC(=O)c1ccc(NC2CCOC2)cc1. The smallest absolute Gasteiger partial charge is 0.338 e. The molecule has 1 aromatic carbocycles. The van der Waals surface area contributed by atoms with Crippen molar-refractivity contribution in [3.05, 3.63) is 29.8 Å². The van der Waals surface area contributed by atoms with Gasteiger partial charge in [-0.3, -0.25) is 0 Å². The van der Waals surface area contributed by atoms with Gasteiger partial charge in [-0.1, -0.05) is 0 Å². The zero-order valence-corrected chi connectivity index (χ0v) is 10.8. The van der Waals surface area contributed by atoms with Crippen LogP contribution in [0.3, 0.4) is 0 Å². The third-order valence-electron chi connectivity index (χ3n) is 2.76. The van der Waals surface area contributed by atoms with Crippen LogP contribution in [0.5, 0.6) is 0 Å². The van der Waals surface area contributed by atoms with E-state index < -0.39 is 0 Å². The van der Waals surface area contributed by atoms with Crippen molar-refractivity contribution in [3.8, 4) is 0 Å². The molecule has 1 aliphatic heterocycles. The summed E-state index contributed by atoms with van der Waals surface area (Å²) < 4.78 is 10.4. The third-order valence-corrected chi connectivity index (χ3v) is 2.76. The largest absolute Gasteiger partial charge is 0.459 e. The first-order valence-corrected chi connectivity index (χ1v) is 6.30. The summed E-state index contributed by atoms with van der Waals surface area (Å²) in [5, 5.41) is 3.37. The quantitative estimate of drug-likeness (QED) is 0.833. The Morgan fingerprint density at radius 3 is 2.67 bits per heavy atom. The zero-order chi connectivity index (χ0) is 13.0. The first kappa shape index (κ1) is 12.9. The van der Waals surface area contributed by atoms with Gasteiger partial charge in [-0.25, -0.2) is 4.79 Å². The van der Waals surface area contributed by atoms with Crippen LogP contribution in [0.15, 0.2) is 24.3 Å².